The third-order valence-electron chi connectivity index (χ3n) is 1.69. The van der Waals surface area contributed by atoms with E-state index in [0.717, 1.165) is 0 Å². The first-order chi connectivity index (χ1) is 5.77. The van der Waals surface area contributed by atoms with Crippen LogP contribution in [0.1, 0.15) is 5.56 Å². The number of aliphatic hydroxyl groups excluding tert-OH is 1. The summed E-state index contributed by atoms with van der Waals surface area (Å²) in [6.07, 6.45) is -0.177. The van der Waals surface area contributed by atoms with Crippen LogP contribution in [0.2, 0.25) is 0 Å². The molecule has 0 saturated carbocycles. The maximum absolute atomic E-state index is 12.7. The Morgan fingerprint density at radius 3 is 2.92 bits per heavy atom. The van der Waals surface area contributed by atoms with Gasteiger partial charge in [0.25, 0.3) is 6.29 Å². The molecule has 1 unspecified atom stereocenters. The molecule has 1 aromatic rings. The molecule has 1 atom stereocenters. The van der Waals surface area contributed by atoms with Gasteiger partial charge < -0.3 is 9.84 Å². The van der Waals surface area contributed by atoms with Gasteiger partial charge in [0.1, 0.15) is 5.75 Å². The summed E-state index contributed by atoms with van der Waals surface area (Å²) >= 11 is 0. The molecule has 0 aliphatic carbocycles. The van der Waals surface area contributed by atoms with Crippen LogP contribution in [0.15, 0.2) is 30.1 Å². The van der Waals surface area contributed by atoms with Gasteiger partial charge in [-0.1, -0.05) is 18.2 Å². The Labute approximate surface area is 68.9 Å². The Morgan fingerprint density at radius 1 is 1.33 bits per heavy atom. The molecule has 1 N–H and O–H groups in total. The van der Waals surface area contributed by atoms with Crippen molar-refractivity contribution in [3.05, 3.63) is 35.7 Å². The van der Waals surface area contributed by atoms with Crippen LogP contribution in [0.5, 0.6) is 5.75 Å². The van der Waals surface area contributed by atoms with Gasteiger partial charge in [-0.3, -0.25) is 0 Å². The van der Waals surface area contributed by atoms with E-state index in [4.69, 9.17) is 9.84 Å². The van der Waals surface area contributed by atoms with Gasteiger partial charge in [-0.05, 0) is 12.1 Å². The summed E-state index contributed by atoms with van der Waals surface area (Å²) in [4.78, 5) is 0. The van der Waals surface area contributed by atoms with Crippen molar-refractivity contribution in [2.75, 3.05) is 0 Å². The largest absolute Gasteiger partial charge is 0.458 e. The van der Waals surface area contributed by atoms with Gasteiger partial charge in [0.15, 0.2) is 5.83 Å². The molecule has 12 heavy (non-hydrogen) atoms. The van der Waals surface area contributed by atoms with E-state index >= 15 is 0 Å². The SMILES string of the molecule is OC1Oc2ccccc2C=C1F. The summed E-state index contributed by atoms with van der Waals surface area (Å²) in [6.45, 7) is 0. The average molecular weight is 166 g/mol. The second-order valence-electron chi connectivity index (χ2n) is 2.54. The molecular weight excluding hydrogens is 159 g/mol. The average Bonchev–Trinajstić information content (AvgIpc) is 2.07. The molecule has 1 aromatic carbocycles. The molecule has 0 amide bonds. The highest BCUT2D eigenvalue weighted by molar-refractivity contribution is 5.61. The highest BCUT2D eigenvalue weighted by atomic mass is 19.1. The minimum Gasteiger partial charge on any atom is -0.458 e. The number of ether oxygens (including phenoxy) is 1. The minimum absolute atomic E-state index is 0.506. The molecule has 1 aliphatic heterocycles. The quantitative estimate of drug-likeness (QED) is 0.635. The van der Waals surface area contributed by atoms with Crippen LogP contribution in [-0.4, -0.2) is 11.4 Å². The number of para-hydroxylation sites is 1. The van der Waals surface area contributed by atoms with E-state index in [0.29, 0.717) is 11.3 Å². The third-order valence-corrected chi connectivity index (χ3v) is 1.69. The van der Waals surface area contributed by atoms with Crippen molar-refractivity contribution in [2.24, 2.45) is 0 Å². The van der Waals surface area contributed by atoms with Gasteiger partial charge >= 0.3 is 0 Å². The molecular formula is C9H7FO2. The first kappa shape index (κ1) is 7.31. The molecule has 0 radical (unpaired) electrons. The van der Waals surface area contributed by atoms with Gasteiger partial charge in [0.05, 0.1) is 0 Å². The summed E-state index contributed by atoms with van der Waals surface area (Å²) in [5.74, 6) is -0.153. The minimum atomic E-state index is -1.44. The third kappa shape index (κ3) is 1.08. The second kappa shape index (κ2) is 2.60. The molecule has 0 spiro atoms. The Kier molecular flexibility index (Phi) is 1.59. The van der Waals surface area contributed by atoms with Gasteiger partial charge in [0.2, 0.25) is 0 Å². The van der Waals surface area contributed by atoms with Crippen molar-refractivity contribution in [3.63, 3.8) is 0 Å². The number of halogens is 1. The maximum atomic E-state index is 12.7. The highest BCUT2D eigenvalue weighted by Gasteiger charge is 2.19. The van der Waals surface area contributed by atoms with Crippen LogP contribution in [-0.2, 0) is 0 Å². The monoisotopic (exact) mass is 166 g/mol. The smallest absolute Gasteiger partial charge is 0.250 e. The summed E-state index contributed by atoms with van der Waals surface area (Å²) < 4.78 is 17.6. The van der Waals surface area contributed by atoms with Crippen LogP contribution < -0.4 is 4.74 Å². The molecule has 0 saturated heterocycles. The Balaban J connectivity index is 2.49. The van der Waals surface area contributed by atoms with Crippen LogP contribution in [0.4, 0.5) is 4.39 Å². The zero-order chi connectivity index (χ0) is 8.55. The van der Waals surface area contributed by atoms with Crippen molar-refractivity contribution in [3.8, 4) is 5.75 Å². The standard InChI is InChI=1S/C9H7FO2/c10-7-5-6-3-1-2-4-8(6)12-9(7)11/h1-5,9,11H. The van der Waals surface area contributed by atoms with E-state index in [1.807, 2.05) is 0 Å². The fourth-order valence-corrected chi connectivity index (χ4v) is 1.10. The van der Waals surface area contributed by atoms with E-state index in [1.165, 1.54) is 6.08 Å². The fourth-order valence-electron chi connectivity index (χ4n) is 1.10. The topological polar surface area (TPSA) is 29.5 Å². The molecule has 0 aromatic heterocycles. The Morgan fingerprint density at radius 2 is 2.08 bits per heavy atom. The van der Waals surface area contributed by atoms with Gasteiger partial charge in [-0.25, -0.2) is 4.39 Å². The van der Waals surface area contributed by atoms with E-state index in [9.17, 15) is 4.39 Å². The molecule has 3 heteroatoms. The lowest BCUT2D eigenvalue weighted by atomic mass is 10.1. The number of benzene rings is 1. The Bertz CT molecular complexity index is 333. The van der Waals surface area contributed by atoms with Gasteiger partial charge in [0, 0.05) is 5.56 Å². The number of hydrogen-bond donors (Lipinski definition) is 1. The summed E-state index contributed by atoms with van der Waals surface area (Å²) in [5, 5.41) is 8.96. The lowest BCUT2D eigenvalue weighted by Crippen LogP contribution is -2.19. The van der Waals surface area contributed by atoms with Crippen LogP contribution >= 0.6 is 0 Å². The zero-order valence-corrected chi connectivity index (χ0v) is 6.20. The molecule has 1 heterocycles. The lowest BCUT2D eigenvalue weighted by Gasteiger charge is -2.18. The highest BCUT2D eigenvalue weighted by Crippen LogP contribution is 2.28. The molecule has 0 bridgehead atoms. The summed E-state index contributed by atoms with van der Waals surface area (Å²) in [5.41, 5.74) is 0.653. The lowest BCUT2D eigenvalue weighted by molar-refractivity contribution is -0.00412. The van der Waals surface area contributed by atoms with Crippen LogP contribution in [0, 0.1) is 0 Å². The number of hydrogen-bond acceptors (Lipinski definition) is 2. The predicted octanol–water partition coefficient (Wildman–Crippen LogP) is 1.71. The van der Waals surface area contributed by atoms with Crippen molar-refractivity contribution in [1.82, 2.24) is 0 Å². The van der Waals surface area contributed by atoms with Gasteiger partial charge in [-0.15, -0.1) is 0 Å². The molecule has 62 valence electrons. The van der Waals surface area contributed by atoms with Crippen molar-refractivity contribution < 1.29 is 14.2 Å². The Hall–Kier alpha value is -1.35. The second-order valence-corrected chi connectivity index (χ2v) is 2.54. The number of rotatable bonds is 0. The van der Waals surface area contributed by atoms with Crippen LogP contribution in [0.3, 0.4) is 0 Å². The molecule has 1 aliphatic rings. The summed E-state index contributed by atoms with van der Waals surface area (Å²) in [6, 6.07) is 6.95. The molecule has 2 nitrogen and oxygen atoms in total. The van der Waals surface area contributed by atoms with E-state index in [1.54, 1.807) is 24.3 Å². The number of fused-ring (bicyclic) bond motifs is 1. The van der Waals surface area contributed by atoms with Crippen molar-refractivity contribution in [1.29, 1.82) is 0 Å². The van der Waals surface area contributed by atoms with Crippen LogP contribution in [0.25, 0.3) is 6.08 Å². The first-order valence-corrected chi connectivity index (χ1v) is 3.58. The molecule has 2 rings (SSSR count). The van der Waals surface area contributed by atoms with E-state index in [-0.39, 0.29) is 0 Å². The first-order valence-electron chi connectivity index (χ1n) is 3.58. The maximum Gasteiger partial charge on any atom is 0.250 e. The normalized spacial score (nSPS) is 20.8. The van der Waals surface area contributed by atoms with E-state index in [2.05, 4.69) is 0 Å². The summed E-state index contributed by atoms with van der Waals surface area (Å²) in [7, 11) is 0. The fraction of sp³-hybridized carbons (Fsp3) is 0.111. The predicted molar refractivity (Wildman–Crippen MR) is 42.2 cm³/mol. The van der Waals surface area contributed by atoms with Crippen molar-refractivity contribution >= 4 is 6.08 Å². The van der Waals surface area contributed by atoms with Crippen molar-refractivity contribution in [2.45, 2.75) is 6.29 Å². The number of aliphatic hydroxyl groups is 1. The van der Waals surface area contributed by atoms with E-state index < -0.39 is 12.1 Å². The van der Waals surface area contributed by atoms with Gasteiger partial charge in [-0.2, -0.15) is 0 Å². The zero-order valence-electron chi connectivity index (χ0n) is 6.20. The molecule has 0 fully saturated rings.